The average molecular weight is 365 g/mol. The number of aryl methyl sites for hydroxylation is 1. The molecule has 0 saturated heterocycles. The topological polar surface area (TPSA) is 59.2 Å². The van der Waals surface area contributed by atoms with Crippen LogP contribution in [0, 0.1) is 6.92 Å². The Labute approximate surface area is 156 Å². The van der Waals surface area contributed by atoms with Crippen molar-refractivity contribution in [1.29, 1.82) is 0 Å². The Morgan fingerprint density at radius 3 is 2.92 bits per heavy atom. The Balaban J connectivity index is 1.44. The molecule has 2 heterocycles. The smallest absolute Gasteiger partial charge is 0.277 e. The summed E-state index contributed by atoms with van der Waals surface area (Å²) in [7, 11) is 0. The number of carbonyl (C=O) groups is 1. The second-order valence-corrected chi connectivity index (χ2v) is 7.40. The van der Waals surface area contributed by atoms with E-state index < -0.39 is 0 Å². The predicted octanol–water partition coefficient (Wildman–Crippen LogP) is 4.11. The van der Waals surface area contributed by atoms with E-state index >= 15 is 0 Å². The van der Waals surface area contributed by atoms with Crippen LogP contribution in [-0.4, -0.2) is 27.9 Å². The maximum absolute atomic E-state index is 12.7. The van der Waals surface area contributed by atoms with E-state index in [1.807, 2.05) is 54.3 Å². The molecule has 26 heavy (non-hydrogen) atoms. The van der Waals surface area contributed by atoms with Gasteiger partial charge in [0.05, 0.1) is 5.75 Å². The molecule has 0 fully saturated rings. The maximum Gasteiger partial charge on any atom is 0.277 e. The van der Waals surface area contributed by atoms with Gasteiger partial charge in [-0.1, -0.05) is 47.7 Å². The zero-order chi connectivity index (χ0) is 18.1. The van der Waals surface area contributed by atoms with Crippen LogP contribution in [-0.2, 0) is 11.2 Å². The Bertz CT molecular complexity index is 953. The van der Waals surface area contributed by atoms with Gasteiger partial charge in [-0.05, 0) is 44.0 Å². The molecule has 4 rings (SSSR count). The van der Waals surface area contributed by atoms with Crippen molar-refractivity contribution in [2.75, 3.05) is 10.7 Å². The number of fused-ring (bicyclic) bond motifs is 1. The largest absolute Gasteiger partial charge is 0.411 e. The second kappa shape index (κ2) is 6.96. The number of carbonyl (C=O) groups excluding carboxylic acids is 1. The van der Waals surface area contributed by atoms with E-state index in [0.29, 0.717) is 11.1 Å². The molecule has 0 bridgehead atoms. The van der Waals surface area contributed by atoms with Gasteiger partial charge in [-0.2, -0.15) is 0 Å². The van der Waals surface area contributed by atoms with Crippen molar-refractivity contribution in [3.8, 4) is 11.5 Å². The zero-order valence-corrected chi connectivity index (χ0v) is 15.5. The zero-order valence-electron chi connectivity index (χ0n) is 14.7. The second-order valence-electron chi connectivity index (χ2n) is 6.48. The SMILES string of the molecule is Cc1cccc(-c2nnc(SCC(=O)N3c4ccccc4C[C@@H]3C)o2)c1. The van der Waals surface area contributed by atoms with Crippen molar-refractivity contribution in [2.24, 2.45) is 0 Å². The fourth-order valence-electron chi connectivity index (χ4n) is 3.30. The Morgan fingerprint density at radius 2 is 2.08 bits per heavy atom. The molecule has 5 nitrogen and oxygen atoms in total. The van der Waals surface area contributed by atoms with Crippen LogP contribution < -0.4 is 4.90 Å². The van der Waals surface area contributed by atoms with Crippen LogP contribution in [0.15, 0.2) is 58.2 Å². The van der Waals surface area contributed by atoms with Crippen LogP contribution in [0.4, 0.5) is 5.69 Å². The van der Waals surface area contributed by atoms with E-state index in [-0.39, 0.29) is 17.7 Å². The van der Waals surface area contributed by atoms with Gasteiger partial charge in [-0.25, -0.2) is 0 Å². The highest BCUT2D eigenvalue weighted by Gasteiger charge is 2.30. The standard InChI is InChI=1S/C20H19N3O2S/c1-13-6-5-8-16(10-13)19-21-22-20(25-19)26-12-18(24)23-14(2)11-15-7-3-4-9-17(15)23/h3-10,14H,11-12H2,1-2H3/t14-/m0/s1. The highest BCUT2D eigenvalue weighted by Crippen LogP contribution is 2.33. The predicted molar refractivity (Wildman–Crippen MR) is 102 cm³/mol. The Hall–Kier alpha value is -2.60. The van der Waals surface area contributed by atoms with Gasteiger partial charge in [0.1, 0.15) is 0 Å². The summed E-state index contributed by atoms with van der Waals surface area (Å²) in [6.07, 6.45) is 0.893. The quantitative estimate of drug-likeness (QED) is 0.651. The maximum atomic E-state index is 12.7. The van der Waals surface area contributed by atoms with E-state index in [1.165, 1.54) is 17.3 Å². The fourth-order valence-corrected chi connectivity index (χ4v) is 3.92. The van der Waals surface area contributed by atoms with Crippen LogP contribution in [0.2, 0.25) is 0 Å². The van der Waals surface area contributed by atoms with Crippen LogP contribution in [0.1, 0.15) is 18.1 Å². The Morgan fingerprint density at radius 1 is 1.23 bits per heavy atom. The first-order valence-corrected chi connectivity index (χ1v) is 9.53. The highest BCUT2D eigenvalue weighted by atomic mass is 32.2. The summed E-state index contributed by atoms with van der Waals surface area (Å²) >= 11 is 1.28. The first kappa shape index (κ1) is 16.8. The minimum Gasteiger partial charge on any atom is -0.411 e. The normalized spacial score (nSPS) is 15.9. The van der Waals surface area contributed by atoms with Gasteiger partial charge < -0.3 is 9.32 Å². The summed E-state index contributed by atoms with van der Waals surface area (Å²) in [6.45, 7) is 4.09. The van der Waals surface area contributed by atoms with Gasteiger partial charge in [0.25, 0.3) is 5.22 Å². The van der Waals surface area contributed by atoms with Gasteiger partial charge in [0.2, 0.25) is 11.8 Å². The van der Waals surface area contributed by atoms with Crippen LogP contribution >= 0.6 is 11.8 Å². The number of hydrogen-bond acceptors (Lipinski definition) is 5. The fraction of sp³-hybridized carbons (Fsp3) is 0.250. The number of thioether (sulfide) groups is 1. The minimum absolute atomic E-state index is 0.0581. The molecular formula is C20H19N3O2S. The number of rotatable bonds is 4. The Kier molecular flexibility index (Phi) is 4.51. The molecule has 3 aromatic rings. The lowest BCUT2D eigenvalue weighted by Crippen LogP contribution is -2.36. The molecule has 0 unspecified atom stereocenters. The summed E-state index contributed by atoms with van der Waals surface area (Å²) in [5, 5.41) is 8.56. The van der Waals surface area contributed by atoms with Gasteiger partial charge in [0.15, 0.2) is 0 Å². The number of hydrogen-bond donors (Lipinski definition) is 0. The molecule has 1 aromatic heterocycles. The molecule has 0 N–H and O–H groups in total. The van der Waals surface area contributed by atoms with Crippen LogP contribution in [0.5, 0.6) is 0 Å². The number of nitrogens with zero attached hydrogens (tertiary/aromatic N) is 3. The van der Waals surface area contributed by atoms with Crippen molar-refractivity contribution in [2.45, 2.75) is 31.5 Å². The van der Waals surface area contributed by atoms with Crippen molar-refractivity contribution in [1.82, 2.24) is 10.2 Å². The van der Waals surface area contributed by atoms with Crippen molar-refractivity contribution < 1.29 is 9.21 Å². The van der Waals surface area contributed by atoms with E-state index in [9.17, 15) is 4.79 Å². The molecule has 0 spiro atoms. The lowest BCUT2D eigenvalue weighted by Gasteiger charge is -2.22. The molecule has 0 saturated carbocycles. The number of para-hydroxylation sites is 1. The summed E-state index contributed by atoms with van der Waals surface area (Å²) < 4.78 is 5.70. The lowest BCUT2D eigenvalue weighted by molar-refractivity contribution is -0.116. The third-order valence-corrected chi connectivity index (χ3v) is 5.27. The third-order valence-electron chi connectivity index (χ3n) is 4.47. The van der Waals surface area contributed by atoms with Crippen molar-refractivity contribution in [3.63, 3.8) is 0 Å². The number of amides is 1. The molecule has 1 atom stereocenters. The van der Waals surface area contributed by atoms with Crippen molar-refractivity contribution in [3.05, 3.63) is 59.7 Å². The molecule has 1 aliphatic heterocycles. The average Bonchev–Trinajstić information content (AvgIpc) is 3.23. The number of benzene rings is 2. The number of aromatic nitrogens is 2. The summed E-state index contributed by atoms with van der Waals surface area (Å²) in [6, 6.07) is 16.1. The molecule has 6 heteroatoms. The monoisotopic (exact) mass is 365 g/mol. The van der Waals surface area contributed by atoms with Crippen LogP contribution in [0.3, 0.4) is 0 Å². The summed E-state index contributed by atoms with van der Waals surface area (Å²) in [5.41, 5.74) is 4.25. The van der Waals surface area contributed by atoms with E-state index in [2.05, 4.69) is 23.2 Å². The third kappa shape index (κ3) is 3.24. The molecule has 1 amide bonds. The first-order valence-electron chi connectivity index (χ1n) is 8.55. The molecule has 1 aliphatic rings. The van der Waals surface area contributed by atoms with E-state index in [4.69, 9.17) is 4.42 Å². The van der Waals surface area contributed by atoms with E-state index in [1.54, 1.807) is 0 Å². The lowest BCUT2D eigenvalue weighted by atomic mass is 10.1. The van der Waals surface area contributed by atoms with Crippen molar-refractivity contribution >= 4 is 23.4 Å². The van der Waals surface area contributed by atoms with Gasteiger partial charge in [-0.3, -0.25) is 4.79 Å². The van der Waals surface area contributed by atoms with Crippen LogP contribution in [0.25, 0.3) is 11.5 Å². The van der Waals surface area contributed by atoms with Gasteiger partial charge >= 0.3 is 0 Å². The molecular weight excluding hydrogens is 346 g/mol. The molecule has 132 valence electrons. The first-order chi connectivity index (χ1) is 12.6. The molecule has 0 radical (unpaired) electrons. The number of anilines is 1. The van der Waals surface area contributed by atoms with Gasteiger partial charge in [0, 0.05) is 17.3 Å². The molecule has 2 aromatic carbocycles. The molecule has 0 aliphatic carbocycles. The summed E-state index contributed by atoms with van der Waals surface area (Å²) in [4.78, 5) is 14.6. The minimum atomic E-state index is 0.0581. The summed E-state index contributed by atoms with van der Waals surface area (Å²) in [5.74, 6) is 0.806. The highest BCUT2D eigenvalue weighted by molar-refractivity contribution is 7.99. The van der Waals surface area contributed by atoms with Gasteiger partial charge in [-0.15, -0.1) is 10.2 Å². The van der Waals surface area contributed by atoms with E-state index in [0.717, 1.165) is 23.2 Å².